The van der Waals surface area contributed by atoms with Gasteiger partial charge in [-0.05, 0) is 17.7 Å². The minimum Gasteiger partial charge on any atom is -0.396 e. The molecular weight excluding hydrogens is 396 g/mol. The molecule has 0 aromatic heterocycles. The van der Waals surface area contributed by atoms with Crippen LogP contribution in [0.25, 0.3) is 6.08 Å². The second-order valence-electron chi connectivity index (χ2n) is 5.81. The number of carbonyl (C=O) groups excluding carboxylic acids is 1. The summed E-state index contributed by atoms with van der Waals surface area (Å²) >= 11 is 1.36. The standard InChI is InChI=1S/C20H18N2O6S/c23-11-12-29-14-17(20(24)16-4-2-6-19(13-16)22(27)28)5-1-3-15-7-9-18(10-8-15)21(25)26/h1-10,13,23H,11-12,14H2/b3-1+,17-5-. The molecule has 0 aliphatic rings. The molecule has 0 radical (unpaired) electrons. The van der Waals surface area contributed by atoms with E-state index in [0.29, 0.717) is 17.1 Å². The largest absolute Gasteiger partial charge is 0.396 e. The first kappa shape index (κ1) is 22.0. The average molecular weight is 414 g/mol. The number of carbonyl (C=O) groups is 1. The lowest BCUT2D eigenvalue weighted by molar-refractivity contribution is -0.385. The normalized spacial score (nSPS) is 11.6. The molecule has 0 saturated carbocycles. The lowest BCUT2D eigenvalue weighted by Crippen LogP contribution is -2.07. The summed E-state index contributed by atoms with van der Waals surface area (Å²) in [5.41, 5.74) is 1.16. The number of benzene rings is 2. The van der Waals surface area contributed by atoms with E-state index in [1.807, 2.05) is 0 Å². The molecule has 0 bridgehead atoms. The van der Waals surface area contributed by atoms with E-state index >= 15 is 0 Å². The minimum atomic E-state index is -0.560. The summed E-state index contributed by atoms with van der Waals surface area (Å²) < 4.78 is 0. The van der Waals surface area contributed by atoms with Gasteiger partial charge in [0.2, 0.25) is 0 Å². The van der Waals surface area contributed by atoms with Gasteiger partial charge in [-0.15, -0.1) is 0 Å². The van der Waals surface area contributed by atoms with Crippen LogP contribution in [0.15, 0.2) is 66.3 Å². The van der Waals surface area contributed by atoms with Crippen molar-refractivity contribution in [2.24, 2.45) is 0 Å². The third-order valence-corrected chi connectivity index (χ3v) is 4.78. The van der Waals surface area contributed by atoms with Crippen molar-refractivity contribution in [2.75, 3.05) is 18.1 Å². The monoisotopic (exact) mass is 414 g/mol. The fourth-order valence-electron chi connectivity index (χ4n) is 2.36. The van der Waals surface area contributed by atoms with E-state index in [0.717, 1.165) is 5.56 Å². The van der Waals surface area contributed by atoms with Gasteiger partial charge in [-0.25, -0.2) is 0 Å². The number of aliphatic hydroxyl groups excluding tert-OH is 1. The Hall–Kier alpha value is -3.30. The van der Waals surface area contributed by atoms with Crippen LogP contribution in [0.5, 0.6) is 0 Å². The summed E-state index contributed by atoms with van der Waals surface area (Å²) in [5.74, 6) is 0.436. The van der Waals surface area contributed by atoms with Crippen molar-refractivity contribution >= 4 is 35.0 Å². The van der Waals surface area contributed by atoms with Crippen LogP contribution in [0.4, 0.5) is 11.4 Å². The van der Waals surface area contributed by atoms with Crippen LogP contribution in [0.3, 0.4) is 0 Å². The third-order valence-electron chi connectivity index (χ3n) is 3.79. The van der Waals surface area contributed by atoms with Gasteiger partial charge >= 0.3 is 0 Å². The first-order chi connectivity index (χ1) is 13.9. The molecule has 0 unspecified atom stereocenters. The van der Waals surface area contributed by atoms with Crippen LogP contribution in [0, 0.1) is 20.2 Å². The molecule has 2 aromatic carbocycles. The van der Waals surface area contributed by atoms with Gasteiger partial charge in [-0.2, -0.15) is 11.8 Å². The molecular formula is C20H18N2O6S. The quantitative estimate of drug-likeness (QED) is 0.155. The molecule has 1 N–H and O–H groups in total. The first-order valence-corrected chi connectivity index (χ1v) is 9.67. The third kappa shape index (κ3) is 6.66. The van der Waals surface area contributed by atoms with Gasteiger partial charge in [0.25, 0.3) is 11.4 Å². The number of hydrogen-bond donors (Lipinski definition) is 1. The Kier molecular flexibility index (Phi) is 8.26. The van der Waals surface area contributed by atoms with Crippen LogP contribution in [-0.4, -0.2) is 38.8 Å². The number of thioether (sulfide) groups is 1. The second-order valence-corrected chi connectivity index (χ2v) is 6.92. The first-order valence-electron chi connectivity index (χ1n) is 8.52. The number of aliphatic hydroxyl groups is 1. The predicted octanol–water partition coefficient (Wildman–Crippen LogP) is 4.05. The number of hydrogen-bond acceptors (Lipinski definition) is 7. The maximum atomic E-state index is 12.8. The average Bonchev–Trinajstić information content (AvgIpc) is 2.72. The molecule has 2 rings (SSSR count). The molecule has 0 aliphatic carbocycles. The molecule has 0 amide bonds. The zero-order chi connectivity index (χ0) is 21.2. The Morgan fingerprint density at radius 1 is 1.03 bits per heavy atom. The summed E-state index contributed by atoms with van der Waals surface area (Å²) in [4.78, 5) is 33.4. The number of nitrogens with zero attached hydrogens (tertiary/aromatic N) is 2. The highest BCUT2D eigenvalue weighted by Gasteiger charge is 2.15. The Morgan fingerprint density at radius 2 is 1.72 bits per heavy atom. The van der Waals surface area contributed by atoms with E-state index in [4.69, 9.17) is 5.11 Å². The van der Waals surface area contributed by atoms with Crippen molar-refractivity contribution in [3.63, 3.8) is 0 Å². The van der Waals surface area contributed by atoms with Crippen LogP contribution < -0.4 is 0 Å². The van der Waals surface area contributed by atoms with Crippen LogP contribution in [-0.2, 0) is 0 Å². The van der Waals surface area contributed by atoms with Crippen molar-refractivity contribution in [1.82, 2.24) is 0 Å². The van der Waals surface area contributed by atoms with E-state index < -0.39 is 9.85 Å². The van der Waals surface area contributed by atoms with Gasteiger partial charge in [0, 0.05) is 46.9 Å². The number of ketones is 1. The van der Waals surface area contributed by atoms with Gasteiger partial charge in [0.05, 0.1) is 16.5 Å². The molecule has 150 valence electrons. The lowest BCUT2D eigenvalue weighted by atomic mass is 10.0. The zero-order valence-electron chi connectivity index (χ0n) is 15.3. The summed E-state index contributed by atoms with van der Waals surface area (Å²) in [6.45, 7) is -0.0262. The van der Waals surface area contributed by atoms with Gasteiger partial charge in [-0.1, -0.05) is 30.4 Å². The van der Waals surface area contributed by atoms with Gasteiger partial charge in [0.1, 0.15) is 0 Å². The Bertz CT molecular complexity index is 954. The molecule has 9 heteroatoms. The number of nitro groups is 2. The van der Waals surface area contributed by atoms with E-state index in [2.05, 4.69) is 0 Å². The molecule has 0 heterocycles. The van der Waals surface area contributed by atoms with E-state index in [1.54, 1.807) is 30.4 Å². The maximum absolute atomic E-state index is 12.8. The zero-order valence-corrected chi connectivity index (χ0v) is 16.1. The van der Waals surface area contributed by atoms with Crippen LogP contribution in [0.2, 0.25) is 0 Å². The van der Waals surface area contributed by atoms with Crippen LogP contribution >= 0.6 is 11.8 Å². The van der Waals surface area contributed by atoms with Crippen molar-refractivity contribution in [1.29, 1.82) is 0 Å². The summed E-state index contributed by atoms with van der Waals surface area (Å²) in [5, 5.41) is 30.6. The molecule has 0 spiro atoms. The highest BCUT2D eigenvalue weighted by atomic mass is 32.2. The highest BCUT2D eigenvalue weighted by Crippen LogP contribution is 2.19. The van der Waals surface area contributed by atoms with Crippen molar-refractivity contribution in [2.45, 2.75) is 0 Å². The van der Waals surface area contributed by atoms with Crippen molar-refractivity contribution in [3.05, 3.63) is 97.6 Å². The second kappa shape index (κ2) is 10.9. The van der Waals surface area contributed by atoms with Crippen LogP contribution in [0.1, 0.15) is 15.9 Å². The molecule has 29 heavy (non-hydrogen) atoms. The number of allylic oxidation sites excluding steroid dienone is 2. The molecule has 2 aromatic rings. The number of non-ortho nitro benzene ring substituents is 2. The van der Waals surface area contributed by atoms with Crippen molar-refractivity contribution < 1.29 is 19.7 Å². The Morgan fingerprint density at radius 3 is 2.34 bits per heavy atom. The summed E-state index contributed by atoms with van der Waals surface area (Å²) in [6, 6.07) is 11.5. The SMILES string of the molecule is O=C(/C(=C\C=C\c1ccc([N+](=O)[O-])cc1)CSCCO)c1cccc([N+](=O)[O-])c1. The van der Waals surface area contributed by atoms with E-state index in [1.165, 1.54) is 48.2 Å². The Balaban J connectivity index is 2.23. The minimum absolute atomic E-state index is 0.0142. The van der Waals surface area contributed by atoms with Gasteiger partial charge < -0.3 is 5.11 Å². The summed E-state index contributed by atoms with van der Waals surface area (Å²) in [6.07, 6.45) is 4.94. The van der Waals surface area contributed by atoms with Crippen molar-refractivity contribution in [3.8, 4) is 0 Å². The molecule has 0 saturated heterocycles. The molecule has 0 aliphatic heterocycles. The molecule has 8 nitrogen and oxygen atoms in total. The smallest absolute Gasteiger partial charge is 0.270 e. The van der Waals surface area contributed by atoms with E-state index in [9.17, 15) is 25.0 Å². The van der Waals surface area contributed by atoms with E-state index in [-0.39, 0.29) is 29.3 Å². The predicted molar refractivity (Wildman–Crippen MR) is 112 cm³/mol. The fourth-order valence-corrected chi connectivity index (χ4v) is 3.09. The maximum Gasteiger partial charge on any atom is 0.270 e. The summed E-state index contributed by atoms with van der Waals surface area (Å²) in [7, 11) is 0. The molecule has 0 atom stereocenters. The number of Topliss-reactive ketones (excluding diaryl/α,β-unsaturated/α-hetero) is 1. The number of nitro benzene ring substituents is 2. The fraction of sp³-hybridized carbons (Fsp3) is 0.150. The number of rotatable bonds is 10. The highest BCUT2D eigenvalue weighted by molar-refractivity contribution is 7.99. The lowest BCUT2D eigenvalue weighted by Gasteiger charge is -2.06. The molecule has 0 fully saturated rings. The topological polar surface area (TPSA) is 124 Å². The van der Waals surface area contributed by atoms with Gasteiger partial charge in [0.15, 0.2) is 5.78 Å². The van der Waals surface area contributed by atoms with Gasteiger partial charge in [-0.3, -0.25) is 25.0 Å². The Labute approximate surface area is 170 Å².